The monoisotopic (exact) mass is 766 g/mol. The summed E-state index contributed by atoms with van der Waals surface area (Å²) in [5, 5.41) is 10.2. The van der Waals surface area contributed by atoms with E-state index in [-0.39, 0.29) is 0 Å². The maximum absolute atomic E-state index is 2.46. The molecule has 12 aromatic rings. The molecule has 0 fully saturated rings. The van der Waals surface area contributed by atoms with Gasteiger partial charge in [0.05, 0.1) is 27.8 Å². The Bertz CT molecular complexity index is 3690. The van der Waals surface area contributed by atoms with Crippen LogP contribution < -0.4 is 0 Å². The van der Waals surface area contributed by atoms with E-state index in [9.17, 15) is 0 Å². The van der Waals surface area contributed by atoms with Crippen LogP contribution in [0.3, 0.4) is 0 Å². The lowest BCUT2D eigenvalue weighted by Gasteiger charge is -2.22. The van der Waals surface area contributed by atoms with Gasteiger partial charge in [-0.05, 0) is 105 Å². The summed E-state index contributed by atoms with van der Waals surface area (Å²) in [5.74, 6) is 0. The largest absolute Gasteiger partial charge is 0.309 e. The smallest absolute Gasteiger partial charge is 0.0558 e. The van der Waals surface area contributed by atoms with Gasteiger partial charge in [0, 0.05) is 47.8 Å². The van der Waals surface area contributed by atoms with Crippen LogP contribution in [0, 0.1) is 0 Å². The molecule has 0 radical (unpaired) electrons. The quantitative estimate of drug-likeness (QED) is 0.173. The molecule has 13 rings (SSSR count). The van der Waals surface area contributed by atoms with Crippen LogP contribution in [0.1, 0.15) is 0 Å². The maximum Gasteiger partial charge on any atom is 0.0558 e. The minimum Gasteiger partial charge on any atom is -0.309 e. The van der Waals surface area contributed by atoms with Crippen LogP contribution in [0.15, 0.2) is 216 Å². The first-order valence-corrected chi connectivity index (χ1v) is 21.1. The first kappa shape index (κ1) is 32.7. The molecule has 0 amide bonds. The summed E-state index contributed by atoms with van der Waals surface area (Å²) in [6, 6.07) is 76.1. The third-order valence-corrected chi connectivity index (χ3v) is 13.6. The van der Waals surface area contributed by atoms with Gasteiger partial charge in [0.1, 0.15) is 0 Å². The van der Waals surface area contributed by atoms with Crippen molar-refractivity contribution in [3.63, 3.8) is 0 Å². The predicted octanol–water partition coefficient (Wildman–Crippen LogP) is 15.7. The van der Waals surface area contributed by atoms with E-state index in [0.717, 1.165) is 0 Å². The molecular formula is C56H34N2S. The lowest BCUT2D eigenvalue weighted by molar-refractivity contribution is 1.18. The van der Waals surface area contributed by atoms with Crippen molar-refractivity contribution < 1.29 is 0 Å². The summed E-state index contributed by atoms with van der Waals surface area (Å²) in [4.78, 5) is 2.59. The van der Waals surface area contributed by atoms with Crippen LogP contribution in [-0.4, -0.2) is 9.13 Å². The van der Waals surface area contributed by atoms with Gasteiger partial charge < -0.3 is 9.13 Å². The van der Waals surface area contributed by atoms with Crippen molar-refractivity contribution in [1.29, 1.82) is 0 Å². The van der Waals surface area contributed by atoms with Crippen molar-refractivity contribution >= 4 is 76.9 Å². The van der Waals surface area contributed by atoms with Gasteiger partial charge >= 0.3 is 0 Å². The van der Waals surface area contributed by atoms with E-state index in [1.807, 2.05) is 11.8 Å². The summed E-state index contributed by atoms with van der Waals surface area (Å²) in [5.41, 5.74) is 14.8. The van der Waals surface area contributed by atoms with E-state index in [2.05, 4.69) is 215 Å². The van der Waals surface area contributed by atoms with Crippen molar-refractivity contribution in [2.75, 3.05) is 0 Å². The third-order valence-electron chi connectivity index (χ3n) is 12.5. The molecule has 0 saturated carbocycles. The highest BCUT2D eigenvalue weighted by atomic mass is 32.2. The zero-order chi connectivity index (χ0) is 38.6. The van der Waals surface area contributed by atoms with Crippen molar-refractivity contribution in [3.05, 3.63) is 206 Å². The summed E-state index contributed by atoms with van der Waals surface area (Å²) in [6.07, 6.45) is 0. The number of benzene rings is 10. The minimum atomic E-state index is 1.18. The fourth-order valence-corrected chi connectivity index (χ4v) is 11.1. The lowest BCUT2D eigenvalue weighted by Crippen LogP contribution is -1.98. The molecule has 0 unspecified atom stereocenters. The average molecular weight is 767 g/mol. The molecule has 59 heavy (non-hydrogen) atoms. The standard InChI is InChI=1S/C56H34N2S/c1-3-14-35(15-4-1)36-26-29-51-46(32-36)42-20-9-11-24-48(42)58(51)50-30-28-39(40-18-7-8-19-41(40)50)37-27-31-53-47(33-37)43-22-13-23-45-55-44-21-10-12-25-49(44)57(38-16-5-2-6-17-38)52(55)34-54(59-53)56(43)45/h1-34H. The SMILES string of the molecule is c1ccc(-c2ccc3c(c2)c2ccccc2n3-c2ccc(-c3ccc4c(c3)-c3cccc5c3c(cc3c5c5ccccc5n3-c3ccccc3)S4)c3ccccc23)cc1. The van der Waals surface area contributed by atoms with E-state index < -0.39 is 0 Å². The molecule has 1 aliphatic rings. The van der Waals surface area contributed by atoms with E-state index in [4.69, 9.17) is 0 Å². The van der Waals surface area contributed by atoms with E-state index in [0.29, 0.717) is 0 Å². The Morgan fingerprint density at radius 2 is 0.949 bits per heavy atom. The van der Waals surface area contributed by atoms with Gasteiger partial charge in [0.25, 0.3) is 0 Å². The van der Waals surface area contributed by atoms with Gasteiger partial charge in [-0.1, -0.05) is 157 Å². The molecule has 0 spiro atoms. The Balaban J connectivity index is 0.989. The molecule has 1 aliphatic heterocycles. The molecule has 0 aliphatic carbocycles. The highest BCUT2D eigenvalue weighted by Gasteiger charge is 2.25. The van der Waals surface area contributed by atoms with Crippen molar-refractivity contribution in [2.24, 2.45) is 0 Å². The van der Waals surface area contributed by atoms with Crippen LogP contribution in [-0.2, 0) is 0 Å². The van der Waals surface area contributed by atoms with Gasteiger partial charge in [-0.2, -0.15) is 0 Å². The number of rotatable bonds is 4. The van der Waals surface area contributed by atoms with E-state index >= 15 is 0 Å². The predicted molar refractivity (Wildman–Crippen MR) is 251 cm³/mol. The van der Waals surface area contributed by atoms with Crippen LogP contribution >= 0.6 is 11.8 Å². The summed E-state index contributed by atoms with van der Waals surface area (Å²) < 4.78 is 4.89. The molecule has 274 valence electrons. The molecular weight excluding hydrogens is 733 g/mol. The molecule has 0 bridgehead atoms. The Morgan fingerprint density at radius 1 is 0.288 bits per heavy atom. The third kappa shape index (κ3) is 4.77. The summed E-state index contributed by atoms with van der Waals surface area (Å²) >= 11 is 1.90. The molecule has 0 N–H and O–H groups in total. The van der Waals surface area contributed by atoms with Gasteiger partial charge in [-0.25, -0.2) is 0 Å². The first-order valence-electron chi connectivity index (χ1n) is 20.3. The number of aromatic nitrogens is 2. The fourth-order valence-electron chi connectivity index (χ4n) is 9.95. The molecule has 2 aromatic heterocycles. The highest BCUT2D eigenvalue weighted by Crippen LogP contribution is 2.52. The topological polar surface area (TPSA) is 9.86 Å². The fraction of sp³-hybridized carbons (Fsp3) is 0. The number of fused-ring (bicyclic) bond motifs is 10. The molecule has 0 saturated heterocycles. The van der Waals surface area contributed by atoms with Crippen LogP contribution in [0.25, 0.3) is 110 Å². The number of hydrogen-bond acceptors (Lipinski definition) is 1. The Labute approximate surface area is 345 Å². The molecule has 0 atom stereocenters. The van der Waals surface area contributed by atoms with Gasteiger partial charge in [-0.15, -0.1) is 0 Å². The molecule has 3 heteroatoms. The molecule has 3 heterocycles. The van der Waals surface area contributed by atoms with Crippen LogP contribution in [0.4, 0.5) is 0 Å². The van der Waals surface area contributed by atoms with Crippen molar-refractivity contribution in [2.45, 2.75) is 9.79 Å². The second kappa shape index (κ2) is 12.6. The van der Waals surface area contributed by atoms with Crippen molar-refractivity contribution in [1.82, 2.24) is 9.13 Å². The van der Waals surface area contributed by atoms with Gasteiger partial charge in [0.2, 0.25) is 0 Å². The zero-order valence-electron chi connectivity index (χ0n) is 31.9. The second-order valence-corrected chi connectivity index (χ2v) is 16.7. The molecule has 10 aromatic carbocycles. The lowest BCUT2D eigenvalue weighted by atomic mass is 9.91. The summed E-state index contributed by atoms with van der Waals surface area (Å²) in [6.45, 7) is 0. The minimum absolute atomic E-state index is 1.18. The Hall–Kier alpha value is -7.33. The van der Waals surface area contributed by atoms with Gasteiger partial charge in [-0.3, -0.25) is 0 Å². The second-order valence-electron chi connectivity index (χ2n) is 15.6. The molecule has 2 nitrogen and oxygen atoms in total. The van der Waals surface area contributed by atoms with E-state index in [1.165, 1.54) is 120 Å². The highest BCUT2D eigenvalue weighted by molar-refractivity contribution is 7.99. The van der Waals surface area contributed by atoms with Crippen molar-refractivity contribution in [3.8, 4) is 44.8 Å². The number of nitrogens with zero attached hydrogens (tertiary/aromatic N) is 2. The summed E-state index contributed by atoms with van der Waals surface area (Å²) in [7, 11) is 0. The normalized spacial score (nSPS) is 12.3. The van der Waals surface area contributed by atoms with Crippen LogP contribution in [0.5, 0.6) is 0 Å². The van der Waals surface area contributed by atoms with Crippen LogP contribution in [0.2, 0.25) is 0 Å². The zero-order valence-corrected chi connectivity index (χ0v) is 32.7. The van der Waals surface area contributed by atoms with E-state index in [1.54, 1.807) is 0 Å². The number of hydrogen-bond donors (Lipinski definition) is 0. The maximum atomic E-state index is 2.46. The van der Waals surface area contributed by atoms with Gasteiger partial charge in [0.15, 0.2) is 0 Å². The first-order chi connectivity index (χ1) is 29.3. The Kier molecular flexibility index (Phi) is 6.98. The average Bonchev–Trinajstić information content (AvgIpc) is 3.82. The Morgan fingerprint density at radius 3 is 1.78 bits per heavy atom. The number of para-hydroxylation sites is 3.